The Balaban J connectivity index is 0.000000260. The van der Waals surface area contributed by atoms with Gasteiger partial charge < -0.3 is 10.5 Å². The maximum atomic E-state index is 10.0. The Morgan fingerprint density at radius 3 is 2.27 bits per heavy atom. The molecule has 1 aromatic heterocycles. The second-order valence-corrected chi connectivity index (χ2v) is 7.03. The Bertz CT molecular complexity index is 877. The number of nitrogens with two attached hydrogens (primary N) is 1. The van der Waals surface area contributed by atoms with E-state index >= 15 is 0 Å². The van der Waals surface area contributed by atoms with E-state index in [0.29, 0.717) is 0 Å². The van der Waals surface area contributed by atoms with E-state index in [4.69, 9.17) is 10.7 Å². The fourth-order valence-corrected chi connectivity index (χ4v) is 2.69. The number of fused-ring (bicyclic) bond motifs is 1. The lowest BCUT2D eigenvalue weighted by Gasteiger charge is -2.16. The van der Waals surface area contributed by atoms with Crippen LogP contribution in [0, 0.1) is 6.92 Å². The van der Waals surface area contributed by atoms with Crippen LogP contribution < -0.4 is 5.73 Å². The van der Waals surface area contributed by atoms with Crippen LogP contribution in [-0.2, 0) is 11.2 Å². The van der Waals surface area contributed by atoms with Gasteiger partial charge >= 0.3 is 6.09 Å². The maximum absolute atomic E-state index is 10.0. The van der Waals surface area contributed by atoms with E-state index in [2.05, 4.69) is 65.6 Å². The number of primary amides is 1. The highest BCUT2D eigenvalue weighted by Gasteiger charge is 2.13. The van der Waals surface area contributed by atoms with Crippen LogP contribution in [0.5, 0.6) is 0 Å². The number of rotatable bonds is 2. The lowest BCUT2D eigenvalue weighted by atomic mass is 10.2. The fraction of sp³-hybridized carbons (Fsp3) is 0.333. The predicted molar refractivity (Wildman–Crippen MR) is 106 cm³/mol. The first kappa shape index (κ1) is 19.5. The quantitative estimate of drug-likeness (QED) is 0.721. The molecule has 2 N–H and O–H groups in total. The summed E-state index contributed by atoms with van der Waals surface area (Å²) in [6.45, 7) is 9.55. The van der Waals surface area contributed by atoms with Gasteiger partial charge in [0.1, 0.15) is 11.4 Å². The third-order valence-electron chi connectivity index (χ3n) is 3.69. The molecule has 0 aliphatic rings. The molecule has 0 aliphatic carbocycles. The standard InChI is InChI=1S/C16H16N2.C5H11NO2/c1-3-15-17-16-12(2)8-7-11-14(16)18(15)13-9-5-4-6-10-13;1-5(2,3)8-4(6)7/h4-11H,3H2,1-2H3;1-3H3,(H2,6,7). The average molecular weight is 353 g/mol. The number of imidazole rings is 1. The first-order valence-corrected chi connectivity index (χ1v) is 8.73. The molecular formula is C21H27N3O2. The number of aromatic nitrogens is 2. The molecule has 0 radical (unpaired) electrons. The van der Waals surface area contributed by atoms with Gasteiger partial charge in [-0.1, -0.05) is 37.3 Å². The molecule has 138 valence electrons. The van der Waals surface area contributed by atoms with Gasteiger partial charge in [0.05, 0.1) is 11.0 Å². The molecule has 1 heterocycles. The number of aryl methyl sites for hydroxylation is 2. The summed E-state index contributed by atoms with van der Waals surface area (Å²) in [7, 11) is 0. The van der Waals surface area contributed by atoms with Crippen LogP contribution >= 0.6 is 0 Å². The third-order valence-corrected chi connectivity index (χ3v) is 3.69. The highest BCUT2D eigenvalue weighted by Crippen LogP contribution is 2.24. The summed E-state index contributed by atoms with van der Waals surface area (Å²) in [6.07, 6.45) is 0.209. The summed E-state index contributed by atoms with van der Waals surface area (Å²) in [5, 5.41) is 0. The summed E-state index contributed by atoms with van der Waals surface area (Å²) in [5.74, 6) is 1.12. The minimum Gasteiger partial charge on any atom is -0.444 e. The first-order valence-electron chi connectivity index (χ1n) is 8.73. The minimum absolute atomic E-state index is 0.453. The number of carbonyl (C=O) groups is 1. The third kappa shape index (κ3) is 4.85. The summed E-state index contributed by atoms with van der Waals surface area (Å²) in [6, 6.07) is 16.8. The molecule has 0 fully saturated rings. The Labute approximate surface area is 154 Å². The molecule has 0 saturated heterocycles. The van der Waals surface area contributed by atoms with Gasteiger partial charge in [-0.05, 0) is 51.5 Å². The Morgan fingerprint density at radius 1 is 1.12 bits per heavy atom. The van der Waals surface area contributed by atoms with Crippen molar-refractivity contribution < 1.29 is 9.53 Å². The molecule has 1 amide bonds. The number of hydrogen-bond donors (Lipinski definition) is 1. The molecule has 26 heavy (non-hydrogen) atoms. The highest BCUT2D eigenvalue weighted by atomic mass is 16.6. The topological polar surface area (TPSA) is 70.1 Å². The van der Waals surface area contributed by atoms with Crippen LogP contribution in [0.2, 0.25) is 0 Å². The largest absolute Gasteiger partial charge is 0.444 e. The molecule has 5 heteroatoms. The van der Waals surface area contributed by atoms with E-state index in [1.54, 1.807) is 20.8 Å². The maximum Gasteiger partial charge on any atom is 0.405 e. The van der Waals surface area contributed by atoms with Gasteiger partial charge in [-0.15, -0.1) is 0 Å². The minimum atomic E-state index is -0.725. The molecule has 0 saturated carbocycles. The van der Waals surface area contributed by atoms with E-state index in [1.165, 1.54) is 16.8 Å². The van der Waals surface area contributed by atoms with Crippen molar-refractivity contribution in [1.29, 1.82) is 0 Å². The van der Waals surface area contributed by atoms with E-state index in [0.717, 1.165) is 17.8 Å². The molecule has 0 aliphatic heterocycles. The number of benzene rings is 2. The summed E-state index contributed by atoms with van der Waals surface area (Å²) in [4.78, 5) is 14.8. The van der Waals surface area contributed by atoms with Crippen LogP contribution in [-0.4, -0.2) is 21.2 Å². The van der Waals surface area contributed by atoms with Gasteiger partial charge in [0.25, 0.3) is 0 Å². The zero-order valence-electron chi connectivity index (χ0n) is 16.1. The van der Waals surface area contributed by atoms with Crippen LogP contribution in [0.3, 0.4) is 0 Å². The molecule has 3 rings (SSSR count). The van der Waals surface area contributed by atoms with Crippen LogP contribution in [0.25, 0.3) is 16.7 Å². The van der Waals surface area contributed by atoms with Crippen molar-refractivity contribution in [2.45, 2.75) is 46.6 Å². The number of hydrogen-bond acceptors (Lipinski definition) is 3. The second kappa shape index (κ2) is 8.04. The van der Waals surface area contributed by atoms with Crippen molar-refractivity contribution >= 4 is 17.1 Å². The fourth-order valence-electron chi connectivity index (χ4n) is 2.69. The van der Waals surface area contributed by atoms with Crippen molar-refractivity contribution in [3.63, 3.8) is 0 Å². The van der Waals surface area contributed by atoms with Gasteiger partial charge in [-0.3, -0.25) is 4.57 Å². The molecule has 0 bridgehead atoms. The Kier molecular flexibility index (Phi) is 6.03. The smallest absolute Gasteiger partial charge is 0.405 e. The average Bonchev–Trinajstić information content (AvgIpc) is 2.94. The molecule has 2 aromatic carbocycles. The molecular weight excluding hydrogens is 326 g/mol. The van der Waals surface area contributed by atoms with Crippen LogP contribution in [0.4, 0.5) is 4.79 Å². The summed E-state index contributed by atoms with van der Waals surface area (Å²) >= 11 is 0. The van der Waals surface area contributed by atoms with Crippen molar-refractivity contribution in [2.24, 2.45) is 5.73 Å². The van der Waals surface area contributed by atoms with Crippen molar-refractivity contribution in [3.05, 3.63) is 59.9 Å². The number of nitrogens with zero attached hydrogens (tertiary/aromatic N) is 2. The van der Waals surface area contributed by atoms with Gasteiger partial charge in [0, 0.05) is 12.1 Å². The molecule has 3 aromatic rings. The van der Waals surface area contributed by atoms with E-state index < -0.39 is 11.7 Å². The monoisotopic (exact) mass is 353 g/mol. The Hall–Kier alpha value is -2.82. The predicted octanol–water partition coefficient (Wildman–Crippen LogP) is 4.78. The Morgan fingerprint density at radius 2 is 1.77 bits per heavy atom. The zero-order chi connectivity index (χ0) is 19.3. The highest BCUT2D eigenvalue weighted by molar-refractivity contribution is 5.81. The van der Waals surface area contributed by atoms with Crippen molar-refractivity contribution in [2.75, 3.05) is 0 Å². The normalized spacial score (nSPS) is 11.0. The number of amides is 1. The van der Waals surface area contributed by atoms with Gasteiger partial charge in [-0.2, -0.15) is 0 Å². The lowest BCUT2D eigenvalue weighted by Crippen LogP contribution is -2.27. The number of ether oxygens (including phenoxy) is 1. The number of para-hydroxylation sites is 2. The number of carbonyl (C=O) groups excluding carboxylic acids is 1. The van der Waals surface area contributed by atoms with Gasteiger partial charge in [0.2, 0.25) is 0 Å². The second-order valence-electron chi connectivity index (χ2n) is 7.03. The van der Waals surface area contributed by atoms with E-state index in [9.17, 15) is 4.79 Å². The SMILES string of the molecule is CC(C)(C)OC(N)=O.CCc1nc2c(C)cccc2n1-c1ccccc1. The lowest BCUT2D eigenvalue weighted by molar-refractivity contribution is 0.0600. The molecule has 5 nitrogen and oxygen atoms in total. The van der Waals surface area contributed by atoms with Gasteiger partial charge in [0.15, 0.2) is 0 Å². The van der Waals surface area contributed by atoms with E-state index in [-0.39, 0.29) is 0 Å². The molecule has 0 unspecified atom stereocenters. The summed E-state index contributed by atoms with van der Waals surface area (Å²) < 4.78 is 6.83. The molecule has 0 spiro atoms. The van der Waals surface area contributed by atoms with Gasteiger partial charge in [-0.25, -0.2) is 9.78 Å². The van der Waals surface area contributed by atoms with E-state index in [1.807, 2.05) is 6.07 Å². The first-order chi connectivity index (χ1) is 12.2. The van der Waals surface area contributed by atoms with Crippen LogP contribution in [0.1, 0.15) is 39.1 Å². The molecule has 0 atom stereocenters. The van der Waals surface area contributed by atoms with Crippen molar-refractivity contribution in [3.8, 4) is 5.69 Å². The summed E-state index contributed by atoms with van der Waals surface area (Å²) in [5.41, 5.74) is 8.98. The zero-order valence-corrected chi connectivity index (χ0v) is 16.1. The van der Waals surface area contributed by atoms with Crippen molar-refractivity contribution in [1.82, 2.24) is 9.55 Å². The van der Waals surface area contributed by atoms with Crippen LogP contribution in [0.15, 0.2) is 48.5 Å².